The van der Waals surface area contributed by atoms with E-state index in [4.69, 9.17) is 0 Å². The lowest BCUT2D eigenvalue weighted by Crippen LogP contribution is -2.38. The molecule has 0 bridgehead atoms. The number of carbonyl (C=O) groups is 1. The number of benzene rings is 1. The quantitative estimate of drug-likeness (QED) is 0.915. The number of nitrogens with zero attached hydrogens (tertiary/aromatic N) is 1. The molecule has 1 amide bonds. The minimum atomic E-state index is -3.52. The first-order chi connectivity index (χ1) is 10.4. The zero-order valence-corrected chi connectivity index (χ0v) is 13.8. The van der Waals surface area contributed by atoms with Crippen molar-refractivity contribution in [3.8, 4) is 0 Å². The van der Waals surface area contributed by atoms with Gasteiger partial charge in [-0.25, -0.2) is 13.1 Å². The first-order valence-corrected chi connectivity index (χ1v) is 9.23. The Morgan fingerprint density at radius 3 is 2.55 bits per heavy atom. The molecular formula is C16H22N2O3S. The third-order valence-electron chi connectivity index (χ3n) is 4.54. The molecule has 1 aliphatic carbocycles. The van der Waals surface area contributed by atoms with Crippen LogP contribution in [0, 0.1) is 19.8 Å². The summed E-state index contributed by atoms with van der Waals surface area (Å²) in [5.74, 6) is 0.378. The molecule has 1 saturated heterocycles. The van der Waals surface area contributed by atoms with Crippen molar-refractivity contribution in [2.75, 3.05) is 13.1 Å². The van der Waals surface area contributed by atoms with E-state index in [-0.39, 0.29) is 17.9 Å². The lowest BCUT2D eigenvalue weighted by molar-refractivity contribution is -0.131. The highest BCUT2D eigenvalue weighted by molar-refractivity contribution is 7.89. The molecule has 1 saturated carbocycles. The smallest absolute Gasteiger partial charge is 0.240 e. The molecule has 0 aromatic heterocycles. The summed E-state index contributed by atoms with van der Waals surface area (Å²) in [6.07, 6.45) is 2.64. The maximum absolute atomic E-state index is 12.5. The molecule has 3 rings (SSSR count). The number of amides is 1. The topological polar surface area (TPSA) is 66.5 Å². The van der Waals surface area contributed by atoms with Gasteiger partial charge in [0.05, 0.1) is 4.90 Å². The minimum absolute atomic E-state index is 0.186. The highest BCUT2D eigenvalue weighted by atomic mass is 32.2. The average molecular weight is 322 g/mol. The molecule has 1 aliphatic heterocycles. The van der Waals surface area contributed by atoms with Gasteiger partial charge in [0.1, 0.15) is 0 Å². The number of hydrogen-bond donors (Lipinski definition) is 1. The Morgan fingerprint density at radius 2 is 1.91 bits per heavy atom. The molecule has 1 aromatic rings. The van der Waals surface area contributed by atoms with Gasteiger partial charge in [0, 0.05) is 25.0 Å². The molecule has 1 aromatic carbocycles. The van der Waals surface area contributed by atoms with Crippen LogP contribution >= 0.6 is 0 Å². The second-order valence-electron chi connectivity index (χ2n) is 6.41. The fourth-order valence-corrected chi connectivity index (χ4v) is 4.16. The van der Waals surface area contributed by atoms with Crippen molar-refractivity contribution in [1.82, 2.24) is 9.62 Å². The number of aryl methyl sites for hydroxylation is 2. The number of rotatable bonds is 4. The molecule has 1 N–H and O–H groups in total. The van der Waals surface area contributed by atoms with Crippen molar-refractivity contribution in [3.63, 3.8) is 0 Å². The van der Waals surface area contributed by atoms with Gasteiger partial charge >= 0.3 is 0 Å². The summed E-state index contributed by atoms with van der Waals surface area (Å²) in [6, 6.07) is 4.96. The van der Waals surface area contributed by atoms with Gasteiger partial charge in [-0.3, -0.25) is 4.79 Å². The number of likely N-dealkylation sites (tertiary alicyclic amines) is 1. The molecule has 22 heavy (non-hydrogen) atoms. The van der Waals surface area contributed by atoms with Crippen LogP contribution in [0.15, 0.2) is 23.1 Å². The highest BCUT2D eigenvalue weighted by Gasteiger charge is 2.37. The molecule has 1 unspecified atom stereocenters. The molecule has 1 atom stereocenters. The molecule has 0 spiro atoms. The Bertz CT molecular complexity index is 695. The SMILES string of the molecule is Cc1ccc(S(=O)(=O)NC2CCN(C(=O)C3CC3)C2)cc1C. The maximum atomic E-state index is 12.5. The standard InChI is InChI=1S/C16H22N2O3S/c1-11-3-6-15(9-12(11)2)22(20,21)17-14-7-8-18(10-14)16(19)13-4-5-13/h3,6,9,13-14,17H,4-5,7-8,10H2,1-2H3. The van der Waals surface area contributed by atoms with Crippen LogP contribution in [0.25, 0.3) is 0 Å². The predicted molar refractivity (Wildman–Crippen MR) is 83.9 cm³/mol. The summed E-state index contributed by atoms with van der Waals surface area (Å²) in [5, 5.41) is 0. The zero-order valence-electron chi connectivity index (χ0n) is 13.0. The largest absolute Gasteiger partial charge is 0.341 e. The Labute approximate surface area is 131 Å². The van der Waals surface area contributed by atoms with Gasteiger partial charge in [0.15, 0.2) is 0 Å². The number of carbonyl (C=O) groups excluding carboxylic acids is 1. The molecule has 2 fully saturated rings. The van der Waals surface area contributed by atoms with E-state index in [2.05, 4.69) is 4.72 Å². The number of sulfonamides is 1. The van der Waals surface area contributed by atoms with Crippen LogP contribution < -0.4 is 4.72 Å². The fraction of sp³-hybridized carbons (Fsp3) is 0.562. The highest BCUT2D eigenvalue weighted by Crippen LogP contribution is 2.32. The fourth-order valence-electron chi connectivity index (χ4n) is 2.81. The third kappa shape index (κ3) is 3.17. The van der Waals surface area contributed by atoms with Gasteiger partial charge in [-0.1, -0.05) is 6.07 Å². The van der Waals surface area contributed by atoms with Gasteiger partial charge in [0.2, 0.25) is 15.9 Å². The average Bonchev–Trinajstić information content (AvgIpc) is 3.21. The van der Waals surface area contributed by atoms with Gasteiger partial charge in [-0.05, 0) is 56.4 Å². The van der Waals surface area contributed by atoms with Crippen LogP contribution in [-0.2, 0) is 14.8 Å². The van der Waals surface area contributed by atoms with E-state index in [9.17, 15) is 13.2 Å². The third-order valence-corrected chi connectivity index (χ3v) is 6.06. The summed E-state index contributed by atoms with van der Waals surface area (Å²) in [6.45, 7) is 4.99. The van der Waals surface area contributed by atoms with E-state index in [0.29, 0.717) is 24.4 Å². The van der Waals surface area contributed by atoms with Gasteiger partial charge in [-0.2, -0.15) is 0 Å². The van der Waals surface area contributed by atoms with E-state index in [1.807, 2.05) is 19.9 Å². The molecule has 5 nitrogen and oxygen atoms in total. The van der Waals surface area contributed by atoms with Crippen molar-refractivity contribution in [1.29, 1.82) is 0 Å². The maximum Gasteiger partial charge on any atom is 0.240 e. The van der Waals surface area contributed by atoms with Gasteiger partial charge < -0.3 is 4.90 Å². The van der Waals surface area contributed by atoms with Crippen LogP contribution in [0.3, 0.4) is 0 Å². The number of nitrogens with one attached hydrogen (secondary N) is 1. The lowest BCUT2D eigenvalue weighted by atomic mass is 10.1. The van der Waals surface area contributed by atoms with Crippen molar-refractivity contribution >= 4 is 15.9 Å². The predicted octanol–water partition coefficient (Wildman–Crippen LogP) is 1.59. The van der Waals surface area contributed by atoms with Gasteiger partial charge in [0.25, 0.3) is 0 Å². The van der Waals surface area contributed by atoms with E-state index in [1.165, 1.54) is 0 Å². The van der Waals surface area contributed by atoms with Crippen molar-refractivity contribution < 1.29 is 13.2 Å². The van der Waals surface area contributed by atoms with Crippen LogP contribution in [0.5, 0.6) is 0 Å². The molecule has 2 aliphatic rings. The van der Waals surface area contributed by atoms with E-state index in [1.54, 1.807) is 17.0 Å². The number of hydrogen-bond acceptors (Lipinski definition) is 3. The normalized spacial score (nSPS) is 22.1. The van der Waals surface area contributed by atoms with Crippen molar-refractivity contribution in [2.24, 2.45) is 5.92 Å². The first-order valence-electron chi connectivity index (χ1n) is 7.75. The van der Waals surface area contributed by atoms with E-state index >= 15 is 0 Å². The molecule has 120 valence electrons. The van der Waals surface area contributed by atoms with Crippen LogP contribution in [0.1, 0.15) is 30.4 Å². The van der Waals surface area contributed by atoms with E-state index in [0.717, 1.165) is 24.0 Å². The first kappa shape index (κ1) is 15.5. The summed E-state index contributed by atoms with van der Waals surface area (Å²) in [4.78, 5) is 14.1. The Morgan fingerprint density at radius 1 is 1.18 bits per heavy atom. The molecule has 6 heteroatoms. The molecule has 0 radical (unpaired) electrons. The van der Waals surface area contributed by atoms with Crippen molar-refractivity contribution in [3.05, 3.63) is 29.3 Å². The second kappa shape index (κ2) is 5.66. The Hall–Kier alpha value is -1.40. The lowest BCUT2D eigenvalue weighted by Gasteiger charge is -2.17. The summed E-state index contributed by atoms with van der Waals surface area (Å²) in [5.41, 5.74) is 2.03. The molecular weight excluding hydrogens is 300 g/mol. The molecule has 1 heterocycles. The second-order valence-corrected chi connectivity index (χ2v) is 8.13. The van der Waals surface area contributed by atoms with Gasteiger partial charge in [-0.15, -0.1) is 0 Å². The van der Waals surface area contributed by atoms with Crippen LogP contribution in [0.2, 0.25) is 0 Å². The zero-order chi connectivity index (χ0) is 15.9. The van der Waals surface area contributed by atoms with Crippen LogP contribution in [0.4, 0.5) is 0 Å². The Balaban J connectivity index is 1.67. The minimum Gasteiger partial charge on any atom is -0.341 e. The van der Waals surface area contributed by atoms with Crippen molar-refractivity contribution in [2.45, 2.75) is 44.0 Å². The summed E-state index contributed by atoms with van der Waals surface area (Å²) >= 11 is 0. The van der Waals surface area contributed by atoms with Crippen LogP contribution in [-0.4, -0.2) is 38.4 Å². The summed E-state index contributed by atoms with van der Waals surface area (Å²) < 4.78 is 27.7. The van der Waals surface area contributed by atoms with E-state index < -0.39 is 10.0 Å². The monoisotopic (exact) mass is 322 g/mol. The summed E-state index contributed by atoms with van der Waals surface area (Å²) in [7, 11) is -3.52. The Kier molecular flexibility index (Phi) is 3.99.